The zero-order chi connectivity index (χ0) is 19.9. The topological polar surface area (TPSA) is 100 Å². The van der Waals surface area contributed by atoms with Crippen LogP contribution >= 0.6 is 23.4 Å². The van der Waals surface area contributed by atoms with Gasteiger partial charge in [0.2, 0.25) is 5.91 Å². The van der Waals surface area contributed by atoms with Gasteiger partial charge in [0.25, 0.3) is 0 Å². The number of thioether (sulfide) groups is 1. The Bertz CT molecular complexity index is 948. The molecule has 0 radical (unpaired) electrons. The zero-order valence-electron chi connectivity index (χ0n) is 14.5. The van der Waals surface area contributed by atoms with Crippen molar-refractivity contribution in [3.63, 3.8) is 0 Å². The van der Waals surface area contributed by atoms with Crippen LogP contribution in [0.25, 0.3) is 0 Å². The lowest BCUT2D eigenvalue weighted by molar-refractivity contribution is -0.138. The van der Waals surface area contributed by atoms with Crippen molar-refractivity contribution in [1.82, 2.24) is 5.32 Å². The van der Waals surface area contributed by atoms with Crippen LogP contribution in [-0.2, 0) is 16.2 Å². The Balaban J connectivity index is 1.65. The van der Waals surface area contributed by atoms with Crippen LogP contribution in [0, 0.1) is 0 Å². The van der Waals surface area contributed by atoms with Crippen LogP contribution in [-0.4, -0.2) is 33.6 Å². The summed E-state index contributed by atoms with van der Waals surface area (Å²) in [6.07, 6.45) is 1.24. The summed E-state index contributed by atoms with van der Waals surface area (Å²) in [6, 6.07) is 14.7. The van der Waals surface area contributed by atoms with Gasteiger partial charge >= 0.3 is 5.97 Å². The Kier molecular flexibility index (Phi) is 6.67. The molecule has 2 aromatic carbocycles. The average molecular weight is 418 g/mol. The maximum Gasteiger partial charge on any atom is 0.305 e. The molecular weight excluding hydrogens is 402 g/mol. The molecule has 1 atom stereocenters. The smallest absolute Gasteiger partial charge is 0.305 e. The minimum absolute atomic E-state index is 0.266. The number of ether oxygens (including phenoxy) is 1. The minimum atomic E-state index is -1.04. The minimum Gasteiger partial charge on any atom is -0.488 e. The summed E-state index contributed by atoms with van der Waals surface area (Å²) in [4.78, 5) is 22.4. The largest absolute Gasteiger partial charge is 0.488 e. The molecule has 2 N–H and O–H groups in total. The molecule has 0 spiro atoms. The summed E-state index contributed by atoms with van der Waals surface area (Å²) in [6.45, 7) is 0.307. The second-order valence-electron chi connectivity index (χ2n) is 5.76. The number of carboxylic acids is 1. The van der Waals surface area contributed by atoms with Crippen LogP contribution in [0.3, 0.4) is 0 Å². The summed E-state index contributed by atoms with van der Waals surface area (Å²) < 4.78 is 5.84. The number of para-hydroxylation sites is 1. The summed E-state index contributed by atoms with van der Waals surface area (Å²) in [7, 11) is 0. The van der Waals surface area contributed by atoms with E-state index in [0.717, 1.165) is 17.3 Å². The van der Waals surface area contributed by atoms with E-state index < -0.39 is 11.2 Å². The first-order valence-electron chi connectivity index (χ1n) is 8.28. The first kappa shape index (κ1) is 19.9. The highest BCUT2D eigenvalue weighted by Gasteiger charge is 2.32. The van der Waals surface area contributed by atoms with Crippen LogP contribution in [0.5, 0.6) is 5.75 Å². The third-order valence-corrected chi connectivity index (χ3v) is 5.18. The lowest BCUT2D eigenvalue weighted by atomic mass is 10.2. The van der Waals surface area contributed by atoms with Gasteiger partial charge in [-0.15, -0.1) is 5.10 Å². The molecule has 0 aromatic heterocycles. The number of carboxylic acid groups (broad SMARTS) is 1. The summed E-state index contributed by atoms with van der Waals surface area (Å²) >= 11 is 7.19. The van der Waals surface area contributed by atoms with Gasteiger partial charge in [-0.05, 0) is 18.2 Å². The SMILES string of the molecule is O=C(O)CC1S/C(=N/N=Cc2ccccc2OCc2ccccc2Cl)NC1=O. The average Bonchev–Trinajstić information content (AvgIpc) is 3.00. The van der Waals surface area contributed by atoms with Gasteiger partial charge in [-0.25, -0.2) is 0 Å². The van der Waals surface area contributed by atoms with Crippen molar-refractivity contribution in [2.45, 2.75) is 18.3 Å². The summed E-state index contributed by atoms with van der Waals surface area (Å²) in [5, 5.41) is 19.4. The standard InChI is InChI=1S/C19H16ClN3O4S/c20-14-7-3-1-6-13(14)11-27-15-8-4-2-5-12(15)10-21-23-19-22-18(26)16(28-19)9-17(24)25/h1-8,10,16H,9,11H2,(H,24,25)(H,22,23,26). The number of nitrogens with zero attached hydrogens (tertiary/aromatic N) is 2. The molecule has 7 nitrogen and oxygen atoms in total. The molecule has 1 aliphatic heterocycles. The molecule has 0 bridgehead atoms. The van der Waals surface area contributed by atoms with Crippen molar-refractivity contribution >= 4 is 46.6 Å². The number of nitrogens with one attached hydrogen (secondary N) is 1. The van der Waals surface area contributed by atoms with Gasteiger partial charge in [-0.3, -0.25) is 9.59 Å². The van der Waals surface area contributed by atoms with E-state index in [1.165, 1.54) is 6.21 Å². The molecule has 1 fully saturated rings. The molecule has 2 aromatic rings. The van der Waals surface area contributed by atoms with E-state index in [9.17, 15) is 9.59 Å². The quantitative estimate of drug-likeness (QED) is 0.531. The third kappa shape index (κ3) is 5.34. The first-order chi connectivity index (χ1) is 13.5. The van der Waals surface area contributed by atoms with Gasteiger partial charge in [0.05, 0.1) is 12.6 Å². The summed E-state index contributed by atoms with van der Waals surface area (Å²) in [5.74, 6) is -0.815. The van der Waals surface area contributed by atoms with E-state index in [-0.39, 0.29) is 17.5 Å². The van der Waals surface area contributed by atoms with Crippen molar-refractivity contribution in [1.29, 1.82) is 0 Å². The van der Waals surface area contributed by atoms with Crippen LogP contribution in [0.2, 0.25) is 5.02 Å². The Morgan fingerprint density at radius 2 is 2.00 bits per heavy atom. The van der Waals surface area contributed by atoms with E-state index in [1.807, 2.05) is 36.4 Å². The second-order valence-corrected chi connectivity index (χ2v) is 7.36. The molecule has 3 rings (SSSR count). The molecule has 1 amide bonds. The van der Waals surface area contributed by atoms with E-state index >= 15 is 0 Å². The predicted octanol–water partition coefficient (Wildman–Crippen LogP) is 3.32. The Morgan fingerprint density at radius 3 is 2.79 bits per heavy atom. The second kappa shape index (κ2) is 9.38. The fourth-order valence-corrected chi connectivity index (χ4v) is 3.48. The van der Waals surface area contributed by atoms with Crippen molar-refractivity contribution < 1.29 is 19.4 Å². The van der Waals surface area contributed by atoms with E-state index in [4.69, 9.17) is 21.4 Å². The summed E-state index contributed by atoms with van der Waals surface area (Å²) in [5.41, 5.74) is 1.57. The molecule has 144 valence electrons. The number of halogens is 1. The zero-order valence-corrected chi connectivity index (χ0v) is 16.1. The number of rotatable bonds is 7. The molecule has 1 heterocycles. The number of hydrogen-bond donors (Lipinski definition) is 2. The van der Waals surface area contributed by atoms with Crippen LogP contribution in [0.4, 0.5) is 0 Å². The highest BCUT2D eigenvalue weighted by molar-refractivity contribution is 8.15. The molecule has 9 heteroatoms. The van der Waals surface area contributed by atoms with Crippen molar-refractivity contribution in [3.05, 3.63) is 64.7 Å². The molecule has 0 aliphatic carbocycles. The normalized spacial score (nSPS) is 17.8. The molecule has 28 heavy (non-hydrogen) atoms. The fourth-order valence-electron chi connectivity index (χ4n) is 2.38. The highest BCUT2D eigenvalue weighted by Crippen LogP contribution is 2.23. The number of aliphatic carboxylic acids is 1. The van der Waals surface area contributed by atoms with E-state index in [1.54, 1.807) is 12.1 Å². The van der Waals surface area contributed by atoms with Gasteiger partial charge in [0.15, 0.2) is 5.17 Å². The van der Waals surface area contributed by atoms with Crippen LogP contribution < -0.4 is 10.1 Å². The predicted molar refractivity (Wildman–Crippen MR) is 109 cm³/mol. The van der Waals surface area contributed by atoms with Crippen molar-refractivity contribution in [3.8, 4) is 5.75 Å². The Morgan fingerprint density at radius 1 is 1.25 bits per heavy atom. The van der Waals surface area contributed by atoms with Crippen molar-refractivity contribution in [2.24, 2.45) is 10.2 Å². The molecular formula is C19H16ClN3O4S. The lowest BCUT2D eigenvalue weighted by Crippen LogP contribution is -2.26. The van der Waals surface area contributed by atoms with Crippen LogP contribution in [0.15, 0.2) is 58.7 Å². The molecule has 1 unspecified atom stereocenters. The molecule has 1 aliphatic rings. The molecule has 1 saturated heterocycles. The number of amides is 1. The van der Waals surface area contributed by atoms with Crippen molar-refractivity contribution in [2.75, 3.05) is 0 Å². The van der Waals surface area contributed by atoms with Gasteiger partial charge in [0.1, 0.15) is 17.6 Å². The maximum absolute atomic E-state index is 11.7. The van der Waals surface area contributed by atoms with Gasteiger partial charge in [-0.2, -0.15) is 5.10 Å². The van der Waals surface area contributed by atoms with Crippen LogP contribution in [0.1, 0.15) is 17.5 Å². The number of benzene rings is 2. The number of carbonyl (C=O) groups excluding carboxylic acids is 1. The lowest BCUT2D eigenvalue weighted by Gasteiger charge is -2.09. The van der Waals surface area contributed by atoms with Gasteiger partial charge in [-0.1, -0.05) is 53.7 Å². The fraction of sp³-hybridized carbons (Fsp3) is 0.158. The maximum atomic E-state index is 11.7. The monoisotopic (exact) mass is 417 g/mol. The Labute approximate surface area is 170 Å². The highest BCUT2D eigenvalue weighted by atomic mass is 35.5. The van der Waals surface area contributed by atoms with Gasteiger partial charge < -0.3 is 15.2 Å². The number of amidine groups is 1. The molecule has 0 saturated carbocycles. The number of hydrogen-bond acceptors (Lipinski definition) is 6. The van der Waals surface area contributed by atoms with E-state index in [0.29, 0.717) is 22.9 Å². The van der Waals surface area contributed by atoms with E-state index in [2.05, 4.69) is 15.5 Å². The van der Waals surface area contributed by atoms with Gasteiger partial charge in [0, 0.05) is 16.1 Å². The Hall–Kier alpha value is -2.84. The first-order valence-corrected chi connectivity index (χ1v) is 9.54. The number of carbonyl (C=O) groups is 2. The third-order valence-electron chi connectivity index (χ3n) is 3.74.